The Hall–Kier alpha value is -3.66. The van der Waals surface area contributed by atoms with Crippen LogP contribution < -0.4 is 9.57 Å². The minimum atomic E-state index is -3.79. The van der Waals surface area contributed by atoms with E-state index in [1.807, 2.05) is 0 Å². The van der Waals surface area contributed by atoms with E-state index in [0.29, 0.717) is 17.1 Å². The van der Waals surface area contributed by atoms with Gasteiger partial charge in [0.1, 0.15) is 17.3 Å². The molecule has 0 aliphatic heterocycles. The standard InChI is InChI=1S/C18H15N3O6S/c1-26-17-9-7-13(21(22)23)11-16(17)18-10-8-14(27-18)12-19-20-28(24,25)15-5-3-2-4-6-15/h2-12,20H,1H3/b19-12-. The van der Waals surface area contributed by atoms with Crippen LogP contribution in [0.4, 0.5) is 5.69 Å². The van der Waals surface area contributed by atoms with E-state index >= 15 is 0 Å². The Morgan fingerprint density at radius 2 is 1.89 bits per heavy atom. The fourth-order valence-corrected chi connectivity index (χ4v) is 3.19. The van der Waals surface area contributed by atoms with Gasteiger partial charge in [-0.05, 0) is 30.3 Å². The van der Waals surface area contributed by atoms with Crippen molar-refractivity contribution in [3.8, 4) is 17.1 Å². The molecule has 144 valence electrons. The first kappa shape index (κ1) is 19.1. The molecule has 2 aromatic carbocycles. The Morgan fingerprint density at radius 1 is 1.14 bits per heavy atom. The van der Waals surface area contributed by atoms with Crippen LogP contribution in [0.1, 0.15) is 5.76 Å². The highest BCUT2D eigenvalue weighted by atomic mass is 32.2. The van der Waals surface area contributed by atoms with Crippen molar-refractivity contribution in [1.82, 2.24) is 4.83 Å². The molecule has 0 fully saturated rings. The van der Waals surface area contributed by atoms with Crippen LogP contribution in [0.5, 0.6) is 5.75 Å². The number of ether oxygens (including phenoxy) is 1. The third-order valence-corrected chi connectivity index (χ3v) is 4.94. The predicted molar refractivity (Wildman–Crippen MR) is 102 cm³/mol. The third kappa shape index (κ3) is 4.18. The molecular formula is C18H15N3O6S. The van der Waals surface area contributed by atoms with Gasteiger partial charge in [-0.3, -0.25) is 10.1 Å². The number of nitrogens with one attached hydrogen (secondary N) is 1. The van der Waals surface area contributed by atoms with Crippen LogP contribution >= 0.6 is 0 Å². The number of nitro benzene ring substituents is 1. The molecule has 0 aliphatic rings. The van der Waals surface area contributed by atoms with Gasteiger partial charge in [0.25, 0.3) is 15.7 Å². The second-order valence-electron chi connectivity index (χ2n) is 5.51. The number of hydrogen-bond donors (Lipinski definition) is 1. The lowest BCUT2D eigenvalue weighted by atomic mass is 10.1. The van der Waals surface area contributed by atoms with E-state index in [1.165, 1.54) is 43.7 Å². The number of hydrogen-bond acceptors (Lipinski definition) is 7. The fourth-order valence-electron chi connectivity index (χ4n) is 2.38. The van der Waals surface area contributed by atoms with Gasteiger partial charge in [0.05, 0.1) is 28.7 Å². The van der Waals surface area contributed by atoms with Crippen molar-refractivity contribution >= 4 is 21.9 Å². The first-order valence-corrected chi connectivity index (χ1v) is 9.41. The first-order chi connectivity index (χ1) is 13.4. The normalized spacial score (nSPS) is 11.5. The van der Waals surface area contributed by atoms with Crippen molar-refractivity contribution in [2.24, 2.45) is 5.10 Å². The lowest BCUT2D eigenvalue weighted by Gasteiger charge is -2.05. The van der Waals surface area contributed by atoms with Crippen molar-refractivity contribution in [1.29, 1.82) is 0 Å². The maximum absolute atomic E-state index is 12.1. The highest BCUT2D eigenvalue weighted by molar-refractivity contribution is 7.89. The number of rotatable bonds is 7. The number of non-ortho nitro benzene ring substituents is 1. The van der Waals surface area contributed by atoms with Crippen molar-refractivity contribution in [3.63, 3.8) is 0 Å². The molecule has 28 heavy (non-hydrogen) atoms. The Labute approximate surface area is 160 Å². The molecule has 0 bridgehead atoms. The van der Waals surface area contributed by atoms with Crippen molar-refractivity contribution < 1.29 is 22.5 Å². The minimum Gasteiger partial charge on any atom is -0.496 e. The Kier molecular flexibility index (Phi) is 5.41. The van der Waals surface area contributed by atoms with Crippen LogP contribution in [0.2, 0.25) is 0 Å². The molecule has 0 unspecified atom stereocenters. The summed E-state index contributed by atoms with van der Waals surface area (Å²) in [4.78, 5) is 12.6. The van der Waals surface area contributed by atoms with E-state index in [2.05, 4.69) is 9.93 Å². The molecule has 0 spiro atoms. The Balaban J connectivity index is 1.80. The second-order valence-corrected chi connectivity index (χ2v) is 7.17. The number of furan rings is 1. The van der Waals surface area contributed by atoms with Gasteiger partial charge in [-0.2, -0.15) is 18.4 Å². The minimum absolute atomic E-state index is 0.0774. The number of nitro groups is 1. The van der Waals surface area contributed by atoms with Gasteiger partial charge < -0.3 is 9.15 Å². The number of hydrazone groups is 1. The summed E-state index contributed by atoms with van der Waals surface area (Å²) in [6, 6.07) is 15.0. The van der Waals surface area contributed by atoms with E-state index in [-0.39, 0.29) is 16.3 Å². The topological polar surface area (TPSA) is 124 Å². The van der Waals surface area contributed by atoms with Gasteiger partial charge in [-0.1, -0.05) is 18.2 Å². The molecule has 0 saturated heterocycles. The first-order valence-electron chi connectivity index (χ1n) is 7.93. The molecule has 1 N–H and O–H groups in total. The summed E-state index contributed by atoms with van der Waals surface area (Å²) in [5.41, 5.74) is 0.277. The van der Waals surface area contributed by atoms with Crippen LogP contribution in [-0.2, 0) is 10.0 Å². The van der Waals surface area contributed by atoms with Crippen LogP contribution in [-0.4, -0.2) is 26.7 Å². The van der Waals surface area contributed by atoms with Gasteiger partial charge in [0.15, 0.2) is 0 Å². The molecule has 9 nitrogen and oxygen atoms in total. The molecule has 3 rings (SSSR count). The number of sulfonamides is 1. The second kappa shape index (κ2) is 7.92. The van der Waals surface area contributed by atoms with Gasteiger partial charge in [-0.15, -0.1) is 0 Å². The smallest absolute Gasteiger partial charge is 0.276 e. The summed E-state index contributed by atoms with van der Waals surface area (Å²) in [6.45, 7) is 0. The number of methoxy groups -OCH3 is 1. The Morgan fingerprint density at radius 3 is 2.57 bits per heavy atom. The van der Waals surface area contributed by atoms with Gasteiger partial charge in [-0.25, -0.2) is 0 Å². The SMILES string of the molecule is COc1ccc([N+](=O)[O-])cc1-c1ccc(/C=N\NS(=O)(=O)c2ccccc2)o1. The summed E-state index contributed by atoms with van der Waals surface area (Å²) in [5, 5.41) is 14.7. The summed E-state index contributed by atoms with van der Waals surface area (Å²) in [5.74, 6) is 0.959. The molecule has 0 aliphatic carbocycles. The molecule has 0 amide bonds. The maximum atomic E-state index is 12.1. The molecule has 1 heterocycles. The lowest BCUT2D eigenvalue weighted by Crippen LogP contribution is -2.18. The van der Waals surface area contributed by atoms with E-state index in [1.54, 1.807) is 30.3 Å². The molecule has 0 saturated carbocycles. The van der Waals surface area contributed by atoms with Gasteiger partial charge in [0, 0.05) is 12.1 Å². The highest BCUT2D eigenvalue weighted by Gasteiger charge is 2.16. The molecule has 0 atom stereocenters. The largest absolute Gasteiger partial charge is 0.496 e. The van der Waals surface area contributed by atoms with E-state index in [9.17, 15) is 18.5 Å². The average molecular weight is 401 g/mol. The molecule has 10 heteroatoms. The van der Waals surface area contributed by atoms with Crippen LogP contribution in [0.3, 0.4) is 0 Å². The van der Waals surface area contributed by atoms with E-state index in [4.69, 9.17) is 9.15 Å². The maximum Gasteiger partial charge on any atom is 0.276 e. The zero-order chi connectivity index (χ0) is 20.1. The summed E-state index contributed by atoms with van der Waals surface area (Å²) in [7, 11) is -2.35. The Bertz CT molecular complexity index is 1120. The summed E-state index contributed by atoms with van der Waals surface area (Å²) in [6.07, 6.45) is 1.19. The van der Waals surface area contributed by atoms with Crippen LogP contribution in [0.15, 0.2) is 75.1 Å². The van der Waals surface area contributed by atoms with Crippen LogP contribution in [0, 0.1) is 10.1 Å². The third-order valence-electron chi connectivity index (χ3n) is 3.70. The lowest BCUT2D eigenvalue weighted by molar-refractivity contribution is -0.384. The van der Waals surface area contributed by atoms with Crippen molar-refractivity contribution in [3.05, 3.63) is 76.5 Å². The monoisotopic (exact) mass is 401 g/mol. The number of nitrogens with zero attached hydrogens (tertiary/aromatic N) is 2. The highest BCUT2D eigenvalue weighted by Crippen LogP contribution is 2.34. The summed E-state index contributed by atoms with van der Waals surface area (Å²) >= 11 is 0. The van der Waals surface area contributed by atoms with E-state index < -0.39 is 14.9 Å². The zero-order valence-corrected chi connectivity index (χ0v) is 15.4. The fraction of sp³-hybridized carbons (Fsp3) is 0.0556. The quantitative estimate of drug-likeness (QED) is 0.368. The molecule has 1 aromatic heterocycles. The predicted octanol–water partition coefficient (Wildman–Crippen LogP) is 3.18. The van der Waals surface area contributed by atoms with Crippen molar-refractivity contribution in [2.45, 2.75) is 4.90 Å². The van der Waals surface area contributed by atoms with Crippen LogP contribution in [0.25, 0.3) is 11.3 Å². The van der Waals surface area contributed by atoms with Gasteiger partial charge >= 0.3 is 0 Å². The van der Waals surface area contributed by atoms with E-state index in [0.717, 1.165) is 0 Å². The molecular weight excluding hydrogens is 386 g/mol. The molecule has 3 aromatic rings. The number of benzene rings is 2. The molecule has 0 radical (unpaired) electrons. The van der Waals surface area contributed by atoms with Crippen molar-refractivity contribution in [2.75, 3.05) is 7.11 Å². The van der Waals surface area contributed by atoms with Gasteiger partial charge in [0.2, 0.25) is 0 Å². The zero-order valence-electron chi connectivity index (χ0n) is 14.6. The average Bonchev–Trinajstić information content (AvgIpc) is 3.16. The summed E-state index contributed by atoms with van der Waals surface area (Å²) < 4.78 is 35.0.